The van der Waals surface area contributed by atoms with E-state index in [1.54, 1.807) is 7.11 Å². The normalized spacial score (nSPS) is 10.9. The Hall–Kier alpha value is -1.74. The monoisotopic (exact) mass is 315 g/mol. The van der Waals surface area contributed by atoms with Gasteiger partial charge in [0, 0.05) is 33.7 Å². The molecule has 0 fully saturated rings. The molecule has 3 heteroatoms. The number of para-hydroxylation sites is 1. The highest BCUT2D eigenvalue weighted by atomic mass is 79.9. The van der Waals surface area contributed by atoms with E-state index in [2.05, 4.69) is 63.9 Å². The molecule has 3 rings (SSSR count). The summed E-state index contributed by atoms with van der Waals surface area (Å²) in [6.45, 7) is 0. The lowest BCUT2D eigenvalue weighted by Crippen LogP contribution is -1.92. The van der Waals surface area contributed by atoms with Crippen molar-refractivity contribution < 1.29 is 4.74 Å². The largest absolute Gasteiger partial charge is 0.497 e. The van der Waals surface area contributed by atoms with Gasteiger partial charge in [-0.25, -0.2) is 0 Å². The molecular formula is C16H14BrNO. The number of aromatic nitrogens is 1. The first kappa shape index (κ1) is 12.3. The van der Waals surface area contributed by atoms with Gasteiger partial charge in [-0.15, -0.1) is 0 Å². The number of nitrogens with zero attached hydrogens (tertiary/aromatic N) is 1. The maximum atomic E-state index is 5.24. The van der Waals surface area contributed by atoms with Crippen LogP contribution in [0.2, 0.25) is 0 Å². The van der Waals surface area contributed by atoms with Gasteiger partial charge in [0.05, 0.1) is 7.11 Å². The van der Waals surface area contributed by atoms with Crippen molar-refractivity contribution in [2.75, 3.05) is 7.11 Å². The van der Waals surface area contributed by atoms with E-state index >= 15 is 0 Å². The molecule has 0 saturated heterocycles. The minimum absolute atomic E-state index is 0.856. The third-order valence-electron chi connectivity index (χ3n) is 3.40. The maximum absolute atomic E-state index is 5.24. The summed E-state index contributed by atoms with van der Waals surface area (Å²) in [5, 5.41) is 1.25. The Morgan fingerprint density at radius 3 is 2.53 bits per heavy atom. The van der Waals surface area contributed by atoms with Gasteiger partial charge < -0.3 is 9.30 Å². The van der Waals surface area contributed by atoms with Crippen LogP contribution in [0.5, 0.6) is 5.75 Å². The highest BCUT2D eigenvalue weighted by molar-refractivity contribution is 9.10. The minimum atomic E-state index is 0.856. The van der Waals surface area contributed by atoms with Gasteiger partial charge in [-0.3, -0.25) is 0 Å². The standard InChI is InChI=1S/C16H14BrNO/c1-18-15-6-4-3-5-11(15)9-16(18)13-8-7-12(19-2)10-14(13)17/h3-10H,1-2H3. The number of ether oxygens (including phenoxy) is 1. The Morgan fingerprint density at radius 1 is 1.05 bits per heavy atom. The first-order chi connectivity index (χ1) is 9.20. The Kier molecular flexibility index (Phi) is 3.07. The van der Waals surface area contributed by atoms with Gasteiger partial charge in [0.15, 0.2) is 0 Å². The van der Waals surface area contributed by atoms with Crippen molar-refractivity contribution >= 4 is 26.8 Å². The molecule has 2 nitrogen and oxygen atoms in total. The van der Waals surface area contributed by atoms with E-state index in [1.807, 2.05) is 12.1 Å². The highest BCUT2D eigenvalue weighted by Gasteiger charge is 2.10. The third-order valence-corrected chi connectivity index (χ3v) is 4.06. The van der Waals surface area contributed by atoms with Crippen molar-refractivity contribution in [3.05, 3.63) is 53.0 Å². The summed E-state index contributed by atoms with van der Waals surface area (Å²) >= 11 is 3.62. The molecular weight excluding hydrogens is 302 g/mol. The van der Waals surface area contributed by atoms with Crippen molar-refractivity contribution in [3.8, 4) is 17.0 Å². The second kappa shape index (κ2) is 4.74. The molecule has 0 atom stereocenters. The maximum Gasteiger partial charge on any atom is 0.120 e. The number of hydrogen-bond donors (Lipinski definition) is 0. The van der Waals surface area contributed by atoms with Crippen LogP contribution in [0.15, 0.2) is 53.0 Å². The molecule has 0 unspecified atom stereocenters. The average molecular weight is 316 g/mol. The molecule has 0 radical (unpaired) electrons. The van der Waals surface area contributed by atoms with E-state index in [0.717, 1.165) is 10.2 Å². The Morgan fingerprint density at radius 2 is 1.84 bits per heavy atom. The summed E-state index contributed by atoms with van der Waals surface area (Å²) in [5.41, 5.74) is 3.59. The summed E-state index contributed by atoms with van der Waals surface area (Å²) in [6.07, 6.45) is 0. The first-order valence-electron chi connectivity index (χ1n) is 6.09. The van der Waals surface area contributed by atoms with Crippen molar-refractivity contribution in [3.63, 3.8) is 0 Å². The molecule has 0 aliphatic heterocycles. The van der Waals surface area contributed by atoms with Crippen LogP contribution in [0.25, 0.3) is 22.2 Å². The third kappa shape index (κ3) is 2.04. The summed E-state index contributed by atoms with van der Waals surface area (Å²) in [7, 11) is 3.77. The van der Waals surface area contributed by atoms with Crippen LogP contribution in [0.4, 0.5) is 0 Å². The minimum Gasteiger partial charge on any atom is -0.497 e. The quantitative estimate of drug-likeness (QED) is 0.673. The van der Waals surface area contributed by atoms with Crippen molar-refractivity contribution in [2.24, 2.45) is 7.05 Å². The number of benzene rings is 2. The molecule has 2 aromatic carbocycles. The van der Waals surface area contributed by atoms with Gasteiger partial charge in [0.1, 0.15) is 5.75 Å². The second-order valence-corrected chi connectivity index (χ2v) is 5.35. The molecule has 1 heterocycles. The van der Waals surface area contributed by atoms with Crippen molar-refractivity contribution in [2.45, 2.75) is 0 Å². The predicted octanol–water partition coefficient (Wildman–Crippen LogP) is 4.62. The highest BCUT2D eigenvalue weighted by Crippen LogP contribution is 2.34. The van der Waals surface area contributed by atoms with Crippen LogP contribution >= 0.6 is 15.9 Å². The van der Waals surface area contributed by atoms with E-state index in [4.69, 9.17) is 4.74 Å². The van der Waals surface area contributed by atoms with Crippen molar-refractivity contribution in [1.29, 1.82) is 0 Å². The van der Waals surface area contributed by atoms with Crippen LogP contribution in [0.1, 0.15) is 0 Å². The number of fused-ring (bicyclic) bond motifs is 1. The topological polar surface area (TPSA) is 14.2 Å². The SMILES string of the molecule is COc1ccc(-c2cc3ccccc3n2C)c(Br)c1. The summed E-state index contributed by atoms with van der Waals surface area (Å²) < 4.78 is 8.49. The van der Waals surface area contributed by atoms with Crippen LogP contribution in [-0.4, -0.2) is 11.7 Å². The number of methoxy groups -OCH3 is 1. The van der Waals surface area contributed by atoms with Gasteiger partial charge >= 0.3 is 0 Å². The summed E-state index contributed by atoms with van der Waals surface area (Å²) in [6, 6.07) is 16.7. The molecule has 96 valence electrons. The van der Waals surface area contributed by atoms with E-state index in [-0.39, 0.29) is 0 Å². The fourth-order valence-corrected chi connectivity index (χ4v) is 2.94. The molecule has 0 aliphatic rings. The second-order valence-electron chi connectivity index (χ2n) is 4.49. The van der Waals surface area contributed by atoms with E-state index in [9.17, 15) is 0 Å². The zero-order chi connectivity index (χ0) is 13.4. The molecule has 0 N–H and O–H groups in total. The molecule has 0 amide bonds. The predicted molar refractivity (Wildman–Crippen MR) is 82.6 cm³/mol. The molecule has 3 aromatic rings. The first-order valence-corrected chi connectivity index (χ1v) is 6.88. The van der Waals surface area contributed by atoms with Gasteiger partial charge in [-0.2, -0.15) is 0 Å². The lowest BCUT2D eigenvalue weighted by molar-refractivity contribution is 0.414. The van der Waals surface area contributed by atoms with Crippen LogP contribution < -0.4 is 4.74 Å². The Bertz CT molecular complexity index is 746. The molecule has 0 spiro atoms. The van der Waals surface area contributed by atoms with Gasteiger partial charge in [0.25, 0.3) is 0 Å². The molecule has 19 heavy (non-hydrogen) atoms. The van der Waals surface area contributed by atoms with Crippen molar-refractivity contribution in [1.82, 2.24) is 4.57 Å². The van der Waals surface area contributed by atoms with Crippen LogP contribution in [0.3, 0.4) is 0 Å². The lowest BCUT2D eigenvalue weighted by atomic mass is 10.1. The van der Waals surface area contributed by atoms with E-state index < -0.39 is 0 Å². The fourth-order valence-electron chi connectivity index (χ4n) is 2.38. The van der Waals surface area contributed by atoms with Gasteiger partial charge in [0.2, 0.25) is 0 Å². The summed E-state index contributed by atoms with van der Waals surface area (Å²) in [4.78, 5) is 0. The molecule has 1 aromatic heterocycles. The lowest BCUT2D eigenvalue weighted by Gasteiger charge is -2.08. The zero-order valence-electron chi connectivity index (χ0n) is 10.9. The van der Waals surface area contributed by atoms with E-state index in [1.165, 1.54) is 22.2 Å². The Labute approximate surface area is 120 Å². The van der Waals surface area contributed by atoms with Gasteiger partial charge in [-0.1, -0.05) is 18.2 Å². The molecule has 0 bridgehead atoms. The zero-order valence-corrected chi connectivity index (χ0v) is 12.4. The number of rotatable bonds is 2. The van der Waals surface area contributed by atoms with Crippen LogP contribution in [0, 0.1) is 0 Å². The van der Waals surface area contributed by atoms with Gasteiger partial charge in [-0.05, 0) is 46.3 Å². The Balaban J connectivity index is 2.21. The number of halogens is 1. The average Bonchev–Trinajstić information content (AvgIpc) is 2.76. The number of aryl methyl sites for hydroxylation is 1. The molecule has 0 saturated carbocycles. The number of hydrogen-bond acceptors (Lipinski definition) is 1. The smallest absolute Gasteiger partial charge is 0.120 e. The summed E-state index contributed by atoms with van der Waals surface area (Å²) in [5.74, 6) is 0.856. The molecule has 0 aliphatic carbocycles. The van der Waals surface area contributed by atoms with Crippen LogP contribution in [-0.2, 0) is 7.05 Å². The fraction of sp³-hybridized carbons (Fsp3) is 0.125. The van der Waals surface area contributed by atoms with E-state index in [0.29, 0.717) is 0 Å².